The normalized spacial score (nSPS) is 16.3. The number of carbonyl (C=O) groups is 5. The second-order valence-corrected chi connectivity index (χ2v) is 23.9. The highest BCUT2D eigenvalue weighted by molar-refractivity contribution is 6.00. The van der Waals surface area contributed by atoms with Crippen molar-refractivity contribution in [3.05, 3.63) is 136 Å². The molecule has 0 aromatic heterocycles. The number of hydrogen-bond donors (Lipinski definition) is 3. The molecule has 0 heterocycles. The highest BCUT2D eigenvalue weighted by Crippen LogP contribution is 2.34. The SMILES string of the molecule is CCCCCCCCC(CCCCCC)COc1ccccc1C(N)=O.Cc1ccccc1C(=O)O.Cc1ccccc1C(N)=O.O=C(c1cccc(C(=O)N(C2CCCCC2)C2CCCCC2)c1)N(C1CCCCC1)C1CCCCC1. The Morgan fingerprint density at radius 2 is 0.817 bits per heavy atom. The zero-order valence-corrected chi connectivity index (χ0v) is 50.9. The van der Waals surface area contributed by atoms with Gasteiger partial charge in [-0.15, -0.1) is 0 Å². The molecule has 4 fully saturated rings. The summed E-state index contributed by atoms with van der Waals surface area (Å²) in [7, 11) is 0. The molecule has 82 heavy (non-hydrogen) atoms. The largest absolute Gasteiger partial charge is 0.492 e. The van der Waals surface area contributed by atoms with Crippen LogP contribution in [0.4, 0.5) is 0 Å². The first-order chi connectivity index (χ1) is 39.8. The van der Waals surface area contributed by atoms with E-state index in [1.165, 1.54) is 154 Å². The van der Waals surface area contributed by atoms with E-state index in [4.69, 9.17) is 21.3 Å². The van der Waals surface area contributed by atoms with Crippen LogP contribution < -0.4 is 16.2 Å². The summed E-state index contributed by atoms with van der Waals surface area (Å²) in [5.74, 6) is -0.108. The standard InChI is InChI=1S/C32H48N2O2.C23H39NO2.C8H9NO.C8H8O2/c35-31(33(27-16-5-1-6-17-27)28-18-7-2-8-19-28)25-14-13-15-26(24-25)32(36)34(29-20-9-3-10-21-29)30-22-11-4-12-23-30;1-3-5-7-9-10-12-16-20(15-11-8-6-4-2)19-26-22-18-14-13-17-21(22)23(24)25;2*1-6-4-2-3-5-7(6)8(9)10/h13-15,24,27-30H,1-12,16-23H2;13-14,17-18,20H,3-12,15-16,19H2,1-2H3,(H2,24,25);2-5H,1H3,(H2,9,10);2-5H,1H3,(H,9,10). The van der Waals surface area contributed by atoms with Crippen molar-refractivity contribution in [3.63, 3.8) is 0 Å². The van der Waals surface area contributed by atoms with Crippen LogP contribution in [-0.2, 0) is 0 Å². The van der Waals surface area contributed by atoms with E-state index in [0.717, 1.165) is 73.6 Å². The lowest BCUT2D eigenvalue weighted by molar-refractivity contribution is 0.0445. The van der Waals surface area contributed by atoms with Gasteiger partial charge in [-0.2, -0.15) is 0 Å². The van der Waals surface area contributed by atoms with Gasteiger partial charge in [0.1, 0.15) is 5.75 Å². The molecule has 1 atom stereocenters. The van der Waals surface area contributed by atoms with Gasteiger partial charge in [0.2, 0.25) is 5.91 Å². The van der Waals surface area contributed by atoms with E-state index >= 15 is 0 Å². The molecule has 4 amide bonds. The maximum atomic E-state index is 14.1. The number of para-hydroxylation sites is 1. The maximum absolute atomic E-state index is 14.1. The molecule has 0 saturated heterocycles. The van der Waals surface area contributed by atoms with Gasteiger partial charge in [-0.1, -0.05) is 210 Å². The second-order valence-electron chi connectivity index (χ2n) is 23.9. The molecular formula is C71H104N4O7. The van der Waals surface area contributed by atoms with Crippen molar-refractivity contribution in [2.75, 3.05) is 6.61 Å². The third-order valence-corrected chi connectivity index (χ3v) is 17.5. The van der Waals surface area contributed by atoms with E-state index in [0.29, 0.717) is 59.1 Å². The van der Waals surface area contributed by atoms with Crippen molar-refractivity contribution in [2.45, 2.75) is 257 Å². The Labute approximate surface area is 494 Å². The Bertz CT molecular complexity index is 2340. The molecule has 8 rings (SSSR count). The summed E-state index contributed by atoms with van der Waals surface area (Å²) in [5, 5.41) is 8.57. The molecule has 0 aliphatic heterocycles. The number of carbonyl (C=O) groups excluding carboxylic acids is 4. The van der Waals surface area contributed by atoms with Crippen LogP contribution in [0.3, 0.4) is 0 Å². The molecule has 4 aliphatic carbocycles. The van der Waals surface area contributed by atoms with E-state index in [-0.39, 0.29) is 17.7 Å². The highest BCUT2D eigenvalue weighted by atomic mass is 16.5. The molecule has 4 aromatic rings. The average molecular weight is 1130 g/mol. The van der Waals surface area contributed by atoms with Crippen LogP contribution in [-0.4, -0.2) is 75.3 Å². The van der Waals surface area contributed by atoms with E-state index in [1.807, 2.05) is 67.6 Å². The first-order valence-corrected chi connectivity index (χ1v) is 32.3. The molecule has 0 radical (unpaired) electrons. The molecule has 0 bridgehead atoms. The number of amides is 4. The van der Waals surface area contributed by atoms with Crippen molar-refractivity contribution in [1.82, 2.24) is 9.80 Å². The van der Waals surface area contributed by atoms with Crippen molar-refractivity contribution < 1.29 is 33.8 Å². The number of rotatable bonds is 24. The van der Waals surface area contributed by atoms with E-state index in [9.17, 15) is 24.0 Å². The van der Waals surface area contributed by atoms with Crippen molar-refractivity contribution >= 4 is 29.6 Å². The molecule has 4 saturated carbocycles. The van der Waals surface area contributed by atoms with Crippen LogP contribution >= 0.6 is 0 Å². The van der Waals surface area contributed by atoms with E-state index < -0.39 is 11.9 Å². The second kappa shape index (κ2) is 38.0. The maximum Gasteiger partial charge on any atom is 0.335 e. The minimum Gasteiger partial charge on any atom is -0.492 e. The van der Waals surface area contributed by atoms with Crippen molar-refractivity contribution in [2.24, 2.45) is 17.4 Å². The lowest BCUT2D eigenvalue weighted by Crippen LogP contribution is -2.49. The summed E-state index contributed by atoms with van der Waals surface area (Å²) >= 11 is 0. The molecule has 4 aromatic carbocycles. The molecule has 11 nitrogen and oxygen atoms in total. The van der Waals surface area contributed by atoms with Gasteiger partial charge in [0.15, 0.2) is 0 Å². The third kappa shape index (κ3) is 22.6. The number of primary amides is 2. The van der Waals surface area contributed by atoms with Crippen LogP contribution in [0.15, 0.2) is 97.1 Å². The lowest BCUT2D eigenvalue weighted by Gasteiger charge is -2.42. The van der Waals surface area contributed by atoms with Crippen LogP contribution in [0.25, 0.3) is 0 Å². The number of hydrogen-bond acceptors (Lipinski definition) is 6. The first kappa shape index (κ1) is 66.8. The van der Waals surface area contributed by atoms with Gasteiger partial charge in [0.25, 0.3) is 17.7 Å². The third-order valence-electron chi connectivity index (χ3n) is 17.5. The Hall–Kier alpha value is -5.97. The fraction of sp³-hybridized carbons (Fsp3) is 0.592. The Morgan fingerprint density at radius 1 is 0.463 bits per heavy atom. The topological polar surface area (TPSA) is 173 Å². The van der Waals surface area contributed by atoms with Gasteiger partial charge in [0, 0.05) is 40.9 Å². The van der Waals surface area contributed by atoms with Crippen molar-refractivity contribution in [3.8, 4) is 5.75 Å². The number of aromatic carboxylic acids is 1. The van der Waals surface area contributed by atoms with Crippen LogP contribution in [0, 0.1) is 19.8 Å². The monoisotopic (exact) mass is 1120 g/mol. The number of carboxylic acid groups (broad SMARTS) is 1. The van der Waals surface area contributed by atoms with Gasteiger partial charge in [0.05, 0.1) is 17.7 Å². The van der Waals surface area contributed by atoms with E-state index in [1.54, 1.807) is 43.3 Å². The molecule has 4 aliphatic rings. The van der Waals surface area contributed by atoms with Gasteiger partial charge >= 0.3 is 5.97 Å². The van der Waals surface area contributed by atoms with Crippen LogP contribution in [0.1, 0.15) is 282 Å². The smallest absolute Gasteiger partial charge is 0.335 e. The Kier molecular flexibility index (Phi) is 31.0. The van der Waals surface area contributed by atoms with Crippen LogP contribution in [0.5, 0.6) is 5.75 Å². The van der Waals surface area contributed by atoms with Gasteiger partial charge < -0.3 is 31.1 Å². The summed E-state index contributed by atoms with van der Waals surface area (Å²) in [6.07, 6.45) is 39.7. The minimum absolute atomic E-state index is 0.172. The Morgan fingerprint density at radius 3 is 1.18 bits per heavy atom. The molecule has 0 spiro atoms. The summed E-state index contributed by atoms with van der Waals surface area (Å²) in [6, 6.07) is 30.8. The summed E-state index contributed by atoms with van der Waals surface area (Å²) in [6.45, 7) is 8.83. The van der Waals surface area contributed by atoms with Gasteiger partial charge in [-0.05, 0) is 138 Å². The number of ether oxygens (including phenoxy) is 1. The minimum atomic E-state index is -0.863. The summed E-state index contributed by atoms with van der Waals surface area (Å²) in [4.78, 5) is 65.4. The molecule has 5 N–H and O–H groups in total. The number of benzene rings is 4. The number of nitrogens with two attached hydrogens (primary N) is 2. The lowest BCUT2D eigenvalue weighted by atomic mass is 9.87. The average Bonchev–Trinajstić information content (AvgIpc) is 3.71. The number of unbranched alkanes of at least 4 members (excludes halogenated alkanes) is 8. The molecular weight excluding hydrogens is 1020 g/mol. The van der Waals surface area contributed by atoms with Gasteiger partial charge in [-0.25, -0.2) is 4.79 Å². The first-order valence-electron chi connectivity index (χ1n) is 32.3. The summed E-state index contributed by atoms with van der Waals surface area (Å²) < 4.78 is 6.01. The van der Waals surface area contributed by atoms with Crippen LogP contribution in [0.2, 0.25) is 0 Å². The molecule has 1 unspecified atom stereocenters. The molecule has 450 valence electrons. The zero-order chi connectivity index (χ0) is 58.9. The van der Waals surface area contributed by atoms with Gasteiger partial charge in [-0.3, -0.25) is 19.2 Å². The fourth-order valence-corrected chi connectivity index (χ4v) is 12.8. The Balaban J connectivity index is 0.000000231. The van der Waals surface area contributed by atoms with E-state index in [2.05, 4.69) is 23.6 Å². The number of aryl methyl sites for hydroxylation is 2. The highest BCUT2D eigenvalue weighted by Gasteiger charge is 2.36. The molecule has 11 heteroatoms. The zero-order valence-electron chi connectivity index (χ0n) is 50.9. The fourth-order valence-electron chi connectivity index (χ4n) is 12.8. The number of nitrogens with zero attached hydrogens (tertiary/aromatic N) is 2. The number of carboxylic acids is 1. The van der Waals surface area contributed by atoms with Crippen molar-refractivity contribution in [1.29, 1.82) is 0 Å². The predicted molar refractivity (Wildman–Crippen MR) is 335 cm³/mol. The predicted octanol–water partition coefficient (Wildman–Crippen LogP) is 17.2. The quantitative estimate of drug-likeness (QED) is 0.0586. The summed E-state index contributed by atoms with van der Waals surface area (Å²) in [5.41, 5.74) is 15.2.